The topological polar surface area (TPSA) is 56.7 Å². The average Bonchev–Trinajstić information content (AvgIpc) is 2.90. The summed E-state index contributed by atoms with van der Waals surface area (Å²) in [5, 5.41) is 6.21. The molecule has 0 aliphatic carbocycles. The third-order valence-electron chi connectivity index (χ3n) is 5.41. The van der Waals surface area contributed by atoms with Crippen LogP contribution >= 0.6 is 35.4 Å². The number of amides is 1. The van der Waals surface area contributed by atoms with E-state index in [9.17, 15) is 13.6 Å². The number of thiocarbonyl (C=S) groups is 1. The summed E-state index contributed by atoms with van der Waals surface area (Å²) in [5.41, 5.74) is 2.62. The van der Waals surface area contributed by atoms with Crippen LogP contribution in [-0.2, 0) is 10.7 Å². The molecule has 1 unspecified atom stereocenters. The Balaban J connectivity index is 1.67. The minimum absolute atomic E-state index is 0.0320. The van der Waals surface area contributed by atoms with Crippen molar-refractivity contribution in [3.05, 3.63) is 93.5 Å². The van der Waals surface area contributed by atoms with E-state index in [1.54, 1.807) is 25.2 Å². The number of benzodiazepines with no additional fused rings is 1. The highest BCUT2D eigenvalue weighted by molar-refractivity contribution is 7.80. The smallest absolute Gasteiger partial charge is 0.272 e. The molecule has 1 amide bonds. The van der Waals surface area contributed by atoms with E-state index in [1.165, 1.54) is 23.1 Å². The molecule has 5 nitrogen and oxygen atoms in total. The second-order valence-electron chi connectivity index (χ2n) is 7.99. The van der Waals surface area contributed by atoms with E-state index in [0.29, 0.717) is 27.7 Å². The van der Waals surface area contributed by atoms with E-state index in [0.717, 1.165) is 12.5 Å². The van der Waals surface area contributed by atoms with Crippen LogP contribution in [0.4, 0.5) is 20.2 Å². The largest absolute Gasteiger partial charge is 0.333 e. The molecule has 180 valence electrons. The molecule has 0 aromatic heterocycles. The molecule has 1 atom stereocenters. The lowest BCUT2D eigenvalue weighted by molar-refractivity contribution is -0.119. The number of alkyl halides is 2. The van der Waals surface area contributed by atoms with Gasteiger partial charge in [-0.3, -0.25) is 4.79 Å². The molecule has 0 bridgehead atoms. The lowest BCUT2D eigenvalue weighted by Crippen LogP contribution is -2.47. The lowest BCUT2D eigenvalue weighted by Gasteiger charge is -2.22. The number of likely N-dealkylation sites (N-methyl/N-ethyl adjacent to an activating group) is 1. The fourth-order valence-corrected chi connectivity index (χ4v) is 4.38. The lowest BCUT2D eigenvalue weighted by atomic mass is 10.0. The predicted octanol–water partition coefficient (Wildman–Crippen LogP) is 6.23. The minimum Gasteiger partial charge on any atom is -0.333 e. The zero-order valence-electron chi connectivity index (χ0n) is 18.7. The van der Waals surface area contributed by atoms with Crippen molar-refractivity contribution in [1.29, 1.82) is 0 Å². The van der Waals surface area contributed by atoms with Crippen LogP contribution < -0.4 is 15.5 Å². The Hall–Kier alpha value is -3.07. The predicted molar refractivity (Wildman–Crippen MR) is 141 cm³/mol. The number of aliphatic imine (C=N–C) groups is 1. The molecule has 4 rings (SSSR count). The van der Waals surface area contributed by atoms with Crippen LogP contribution in [0.1, 0.15) is 23.6 Å². The highest BCUT2D eigenvalue weighted by atomic mass is 35.5. The molecule has 0 radical (unpaired) electrons. The molecular weight excluding hydrogens is 513 g/mol. The van der Waals surface area contributed by atoms with Gasteiger partial charge in [0.05, 0.1) is 11.4 Å². The fraction of sp³-hybridized carbons (Fsp3) is 0.160. The number of fused-ring (bicyclic) bond motifs is 1. The molecule has 0 fully saturated rings. The van der Waals surface area contributed by atoms with Crippen LogP contribution in [0.25, 0.3) is 0 Å². The van der Waals surface area contributed by atoms with Crippen LogP contribution in [-0.4, -0.2) is 29.9 Å². The van der Waals surface area contributed by atoms with Gasteiger partial charge in [-0.2, -0.15) is 0 Å². The van der Waals surface area contributed by atoms with Crippen molar-refractivity contribution in [2.75, 3.05) is 17.3 Å². The first-order valence-corrected chi connectivity index (χ1v) is 11.7. The zero-order valence-corrected chi connectivity index (χ0v) is 21.0. The van der Waals surface area contributed by atoms with Gasteiger partial charge in [-0.15, -0.1) is 0 Å². The van der Waals surface area contributed by atoms with Crippen molar-refractivity contribution in [2.24, 2.45) is 4.99 Å². The van der Waals surface area contributed by atoms with Gasteiger partial charge < -0.3 is 15.5 Å². The van der Waals surface area contributed by atoms with Crippen LogP contribution in [0.2, 0.25) is 10.0 Å². The van der Waals surface area contributed by atoms with Gasteiger partial charge in [-0.25, -0.2) is 13.8 Å². The number of hydrogen-bond acceptors (Lipinski definition) is 3. The molecule has 10 heteroatoms. The van der Waals surface area contributed by atoms with E-state index >= 15 is 0 Å². The number of benzene rings is 3. The number of nitrogens with one attached hydrogen (secondary N) is 2. The summed E-state index contributed by atoms with van der Waals surface area (Å²) in [5.74, 6) is -3.49. The van der Waals surface area contributed by atoms with Crippen molar-refractivity contribution in [3.8, 4) is 0 Å². The van der Waals surface area contributed by atoms with Gasteiger partial charge in [-0.1, -0.05) is 53.5 Å². The Labute approximate surface area is 216 Å². The van der Waals surface area contributed by atoms with E-state index < -0.39 is 12.1 Å². The summed E-state index contributed by atoms with van der Waals surface area (Å²) >= 11 is 17.6. The van der Waals surface area contributed by atoms with Gasteiger partial charge in [0.15, 0.2) is 5.11 Å². The summed E-state index contributed by atoms with van der Waals surface area (Å²) in [6.07, 6.45) is -1.08. The fourth-order valence-electron chi connectivity index (χ4n) is 3.70. The number of carbonyl (C=O) groups is 1. The maximum absolute atomic E-state index is 13.9. The third kappa shape index (κ3) is 5.45. The van der Waals surface area contributed by atoms with Crippen molar-refractivity contribution in [2.45, 2.75) is 19.0 Å². The maximum Gasteiger partial charge on any atom is 0.272 e. The first-order chi connectivity index (χ1) is 16.5. The van der Waals surface area contributed by atoms with Crippen molar-refractivity contribution < 1.29 is 13.6 Å². The molecular formula is C25H20Cl2F2N4OS. The number of carbonyl (C=O) groups excluding carboxylic acids is 1. The molecule has 1 heterocycles. The Morgan fingerprint density at radius 1 is 1.09 bits per heavy atom. The molecule has 0 saturated heterocycles. The average molecular weight is 533 g/mol. The van der Waals surface area contributed by atoms with Gasteiger partial charge in [0.2, 0.25) is 6.17 Å². The van der Waals surface area contributed by atoms with Crippen molar-refractivity contribution in [3.63, 3.8) is 0 Å². The quantitative estimate of drug-likeness (QED) is 0.391. The van der Waals surface area contributed by atoms with Crippen LogP contribution in [0, 0.1) is 0 Å². The number of hydrogen-bond donors (Lipinski definition) is 2. The van der Waals surface area contributed by atoms with Crippen LogP contribution in [0.5, 0.6) is 0 Å². The molecule has 3 aromatic rings. The van der Waals surface area contributed by atoms with E-state index in [2.05, 4.69) is 10.6 Å². The van der Waals surface area contributed by atoms with E-state index in [1.807, 2.05) is 30.3 Å². The molecule has 2 N–H and O–H groups in total. The van der Waals surface area contributed by atoms with Crippen molar-refractivity contribution in [1.82, 2.24) is 5.32 Å². The first kappa shape index (κ1) is 25.0. The maximum atomic E-state index is 13.9. The summed E-state index contributed by atoms with van der Waals surface area (Å²) in [7, 11) is 1.64. The summed E-state index contributed by atoms with van der Waals surface area (Å²) in [6, 6.07) is 18.7. The SMILES string of the molecule is CN1C(=O)C(NC(=S)Nc2ccc(Cl)c(C(C)(F)F)c2)N=C(c2ccccc2)c2cc(Cl)ccc21. The molecule has 1 aliphatic heterocycles. The normalized spacial score (nSPS) is 15.7. The molecule has 0 saturated carbocycles. The van der Waals surface area contributed by atoms with Gasteiger partial charge in [0, 0.05) is 46.4 Å². The van der Waals surface area contributed by atoms with Crippen LogP contribution in [0.3, 0.4) is 0 Å². The van der Waals surface area contributed by atoms with Crippen molar-refractivity contribution >= 4 is 63.5 Å². The Morgan fingerprint density at radius 2 is 1.80 bits per heavy atom. The number of rotatable bonds is 4. The molecule has 3 aromatic carbocycles. The third-order valence-corrected chi connectivity index (χ3v) is 6.19. The Bertz CT molecular complexity index is 1330. The summed E-state index contributed by atoms with van der Waals surface area (Å²) in [4.78, 5) is 19.5. The summed E-state index contributed by atoms with van der Waals surface area (Å²) in [6.45, 7) is 0.762. The zero-order chi connectivity index (χ0) is 25.3. The standard InChI is InChI=1S/C25H20Cl2F2N4OS/c1-25(28,29)18-13-16(9-10-19(18)27)30-24(35)32-22-23(34)33(2)20-11-8-15(26)12-17(20)21(31-22)14-6-4-3-5-7-14/h3-13,22H,1-2H3,(H2,30,32,35). The molecule has 1 aliphatic rings. The summed E-state index contributed by atoms with van der Waals surface area (Å²) < 4.78 is 27.7. The second-order valence-corrected chi connectivity index (χ2v) is 9.24. The Kier molecular flexibility index (Phi) is 7.07. The minimum atomic E-state index is -3.13. The van der Waals surface area contributed by atoms with Crippen LogP contribution in [0.15, 0.2) is 71.7 Å². The first-order valence-electron chi connectivity index (χ1n) is 10.5. The highest BCUT2D eigenvalue weighted by Crippen LogP contribution is 2.35. The van der Waals surface area contributed by atoms with E-state index in [-0.39, 0.29) is 21.6 Å². The highest BCUT2D eigenvalue weighted by Gasteiger charge is 2.31. The number of anilines is 2. The number of nitrogens with zero attached hydrogens (tertiary/aromatic N) is 2. The monoisotopic (exact) mass is 532 g/mol. The second kappa shape index (κ2) is 9.89. The van der Waals surface area contributed by atoms with Gasteiger partial charge in [-0.05, 0) is 48.6 Å². The van der Waals surface area contributed by atoms with Gasteiger partial charge in [0.1, 0.15) is 0 Å². The van der Waals surface area contributed by atoms with Gasteiger partial charge in [0.25, 0.3) is 11.8 Å². The Morgan fingerprint density at radius 3 is 2.49 bits per heavy atom. The molecule has 35 heavy (non-hydrogen) atoms. The number of halogens is 4. The van der Waals surface area contributed by atoms with Gasteiger partial charge >= 0.3 is 0 Å². The molecule has 0 spiro atoms. The van der Waals surface area contributed by atoms with E-state index in [4.69, 9.17) is 40.4 Å².